The van der Waals surface area contributed by atoms with E-state index in [1.807, 2.05) is 0 Å². The molecule has 1 heterocycles. The van der Waals surface area contributed by atoms with Crippen molar-refractivity contribution in [3.8, 4) is 0 Å². The van der Waals surface area contributed by atoms with Gasteiger partial charge in [0, 0.05) is 5.56 Å². The Kier molecular flexibility index (Phi) is 3.09. The van der Waals surface area contributed by atoms with Crippen LogP contribution in [0.2, 0.25) is 0 Å². The second kappa shape index (κ2) is 4.69. The molecule has 0 aliphatic carbocycles. The molecule has 0 aliphatic rings. The minimum absolute atomic E-state index is 0.153. The number of pyridine rings is 1. The van der Waals surface area contributed by atoms with Gasteiger partial charge in [0.1, 0.15) is 0 Å². The van der Waals surface area contributed by atoms with Gasteiger partial charge in [-0.2, -0.15) is 13.8 Å². The fourth-order valence-electron chi connectivity index (χ4n) is 1.29. The quantitative estimate of drug-likeness (QED) is 0.811. The van der Waals surface area contributed by atoms with Gasteiger partial charge in [0.05, 0.1) is 5.69 Å². The Morgan fingerprint density at radius 3 is 2.41 bits per heavy atom. The first-order valence-corrected chi connectivity index (χ1v) is 4.85. The number of carbonyl (C=O) groups is 1. The van der Waals surface area contributed by atoms with Crippen LogP contribution >= 0.6 is 0 Å². The van der Waals surface area contributed by atoms with E-state index in [4.69, 9.17) is 0 Å². The first-order chi connectivity index (χ1) is 8.16. The number of nitrogens with one attached hydrogen (secondary N) is 1. The molecule has 5 heteroatoms. The zero-order valence-electron chi connectivity index (χ0n) is 8.65. The Labute approximate surface area is 96.1 Å². The molecule has 0 atom stereocenters. The van der Waals surface area contributed by atoms with Crippen LogP contribution in [0.25, 0.3) is 0 Å². The highest BCUT2D eigenvalue weighted by Crippen LogP contribution is 2.13. The van der Waals surface area contributed by atoms with Gasteiger partial charge in [0.25, 0.3) is 5.91 Å². The lowest BCUT2D eigenvalue weighted by molar-refractivity contribution is 0.102. The second-order valence-corrected chi connectivity index (χ2v) is 3.29. The van der Waals surface area contributed by atoms with E-state index in [9.17, 15) is 13.6 Å². The van der Waals surface area contributed by atoms with Crippen LogP contribution in [-0.4, -0.2) is 10.9 Å². The molecule has 0 saturated heterocycles. The molecule has 0 aliphatic heterocycles. The predicted molar refractivity (Wildman–Crippen MR) is 58.5 cm³/mol. The van der Waals surface area contributed by atoms with Crippen LogP contribution in [0.5, 0.6) is 0 Å². The van der Waals surface area contributed by atoms with Crippen LogP contribution in [0.15, 0.2) is 42.5 Å². The normalized spacial score (nSPS) is 10.0. The first-order valence-electron chi connectivity index (χ1n) is 4.85. The molecule has 0 fully saturated rings. The maximum atomic E-state index is 13.2. The Hall–Kier alpha value is -2.30. The molecule has 1 aromatic heterocycles. The SMILES string of the molecule is O=C(Nc1ccc(F)nc1F)c1ccccc1. The van der Waals surface area contributed by atoms with E-state index in [0.29, 0.717) is 5.56 Å². The molecule has 1 N–H and O–H groups in total. The number of aromatic nitrogens is 1. The lowest BCUT2D eigenvalue weighted by Gasteiger charge is -2.05. The maximum absolute atomic E-state index is 13.2. The van der Waals surface area contributed by atoms with Gasteiger partial charge in [-0.15, -0.1) is 0 Å². The largest absolute Gasteiger partial charge is 0.318 e. The van der Waals surface area contributed by atoms with E-state index >= 15 is 0 Å². The van der Waals surface area contributed by atoms with Gasteiger partial charge in [-0.3, -0.25) is 4.79 Å². The van der Waals surface area contributed by atoms with Crippen LogP contribution in [-0.2, 0) is 0 Å². The summed E-state index contributed by atoms with van der Waals surface area (Å²) >= 11 is 0. The van der Waals surface area contributed by atoms with Crippen molar-refractivity contribution >= 4 is 11.6 Å². The molecule has 0 radical (unpaired) electrons. The molecular weight excluding hydrogens is 226 g/mol. The average Bonchev–Trinajstić information content (AvgIpc) is 2.34. The minimum Gasteiger partial charge on any atom is -0.318 e. The zero-order chi connectivity index (χ0) is 12.3. The van der Waals surface area contributed by atoms with Crippen LogP contribution in [0.1, 0.15) is 10.4 Å². The highest BCUT2D eigenvalue weighted by Gasteiger charge is 2.10. The smallest absolute Gasteiger partial charge is 0.255 e. The van der Waals surface area contributed by atoms with E-state index in [-0.39, 0.29) is 5.69 Å². The minimum atomic E-state index is -1.05. The topological polar surface area (TPSA) is 42.0 Å². The summed E-state index contributed by atoms with van der Waals surface area (Å²) in [4.78, 5) is 14.6. The van der Waals surface area contributed by atoms with Crippen molar-refractivity contribution in [2.75, 3.05) is 5.32 Å². The van der Waals surface area contributed by atoms with Gasteiger partial charge in [0.15, 0.2) is 0 Å². The van der Waals surface area contributed by atoms with Crippen molar-refractivity contribution in [2.24, 2.45) is 0 Å². The standard InChI is InChI=1S/C12H8F2N2O/c13-10-7-6-9(11(14)16-10)15-12(17)8-4-2-1-3-5-8/h1-7H,(H,15,17). The number of anilines is 1. The van der Waals surface area contributed by atoms with Crippen molar-refractivity contribution in [1.82, 2.24) is 4.98 Å². The molecule has 3 nitrogen and oxygen atoms in total. The van der Waals surface area contributed by atoms with E-state index < -0.39 is 17.8 Å². The number of carbonyl (C=O) groups excluding carboxylic acids is 1. The lowest BCUT2D eigenvalue weighted by Crippen LogP contribution is -2.13. The molecule has 1 aromatic carbocycles. The number of amides is 1. The summed E-state index contributed by atoms with van der Waals surface area (Å²) in [5, 5.41) is 2.31. The third kappa shape index (κ3) is 2.63. The van der Waals surface area contributed by atoms with Crippen molar-refractivity contribution in [3.05, 3.63) is 59.9 Å². The van der Waals surface area contributed by atoms with Crippen molar-refractivity contribution in [3.63, 3.8) is 0 Å². The summed E-state index contributed by atoms with van der Waals surface area (Å²) in [5.74, 6) is -2.45. The average molecular weight is 234 g/mol. The molecule has 0 spiro atoms. The Balaban J connectivity index is 2.19. The fraction of sp³-hybridized carbons (Fsp3) is 0. The Bertz CT molecular complexity index is 543. The van der Waals surface area contributed by atoms with Gasteiger partial charge in [0.2, 0.25) is 11.9 Å². The van der Waals surface area contributed by atoms with E-state index in [0.717, 1.165) is 12.1 Å². The molecular formula is C12H8F2N2O. The lowest BCUT2D eigenvalue weighted by atomic mass is 10.2. The Morgan fingerprint density at radius 1 is 1.06 bits per heavy atom. The van der Waals surface area contributed by atoms with Crippen molar-refractivity contribution in [2.45, 2.75) is 0 Å². The first kappa shape index (κ1) is 11.2. The van der Waals surface area contributed by atoms with Crippen molar-refractivity contribution in [1.29, 1.82) is 0 Å². The highest BCUT2D eigenvalue weighted by molar-refractivity contribution is 6.04. The molecule has 1 amide bonds. The molecule has 0 unspecified atom stereocenters. The third-order valence-electron chi connectivity index (χ3n) is 2.10. The summed E-state index contributed by atoms with van der Waals surface area (Å²) in [6.07, 6.45) is 0. The van der Waals surface area contributed by atoms with Crippen LogP contribution in [0, 0.1) is 11.9 Å². The number of rotatable bonds is 2. The van der Waals surface area contributed by atoms with Crippen molar-refractivity contribution < 1.29 is 13.6 Å². The second-order valence-electron chi connectivity index (χ2n) is 3.29. The molecule has 86 valence electrons. The van der Waals surface area contributed by atoms with Crippen LogP contribution in [0.4, 0.5) is 14.5 Å². The molecule has 0 bridgehead atoms. The van der Waals surface area contributed by atoms with Gasteiger partial charge in [-0.1, -0.05) is 18.2 Å². The number of hydrogen-bond donors (Lipinski definition) is 1. The molecule has 0 saturated carbocycles. The van der Waals surface area contributed by atoms with Crippen LogP contribution < -0.4 is 5.32 Å². The van der Waals surface area contributed by atoms with E-state index in [1.54, 1.807) is 30.3 Å². The number of nitrogens with zero attached hydrogens (tertiary/aromatic N) is 1. The molecule has 17 heavy (non-hydrogen) atoms. The molecule has 2 rings (SSSR count). The van der Waals surface area contributed by atoms with Gasteiger partial charge in [-0.05, 0) is 24.3 Å². The zero-order valence-corrected chi connectivity index (χ0v) is 8.65. The Morgan fingerprint density at radius 2 is 1.76 bits per heavy atom. The summed E-state index contributed by atoms with van der Waals surface area (Å²) in [6.45, 7) is 0. The fourth-order valence-corrected chi connectivity index (χ4v) is 1.29. The van der Waals surface area contributed by atoms with Gasteiger partial charge < -0.3 is 5.32 Å². The summed E-state index contributed by atoms with van der Waals surface area (Å²) < 4.78 is 25.7. The third-order valence-corrected chi connectivity index (χ3v) is 2.10. The monoisotopic (exact) mass is 234 g/mol. The maximum Gasteiger partial charge on any atom is 0.255 e. The summed E-state index contributed by atoms with van der Waals surface area (Å²) in [6, 6.07) is 10.4. The number of hydrogen-bond acceptors (Lipinski definition) is 2. The van der Waals surface area contributed by atoms with Gasteiger partial charge in [-0.25, -0.2) is 0 Å². The molecule has 2 aromatic rings. The predicted octanol–water partition coefficient (Wildman–Crippen LogP) is 2.61. The number of halogens is 2. The highest BCUT2D eigenvalue weighted by atomic mass is 19.1. The van der Waals surface area contributed by atoms with Gasteiger partial charge >= 0.3 is 0 Å². The summed E-state index contributed by atoms with van der Waals surface area (Å²) in [7, 11) is 0. The van der Waals surface area contributed by atoms with Crippen LogP contribution in [0.3, 0.4) is 0 Å². The summed E-state index contributed by atoms with van der Waals surface area (Å²) in [5.41, 5.74) is 0.233. The van der Waals surface area contributed by atoms with E-state index in [2.05, 4.69) is 10.3 Å². The number of benzene rings is 1. The van der Waals surface area contributed by atoms with E-state index in [1.165, 1.54) is 0 Å².